The molecule has 2 N–H and O–H groups in total. The smallest absolute Gasteiger partial charge is 0.192 e. The Balaban J connectivity index is 1.42. The van der Waals surface area contributed by atoms with Crippen molar-refractivity contribution in [3.63, 3.8) is 0 Å². The van der Waals surface area contributed by atoms with Gasteiger partial charge in [-0.05, 0) is 37.1 Å². The number of imidazole rings is 1. The number of rotatable bonds is 6. The van der Waals surface area contributed by atoms with Crippen molar-refractivity contribution in [2.24, 2.45) is 0 Å². The van der Waals surface area contributed by atoms with E-state index in [4.69, 9.17) is 0 Å². The van der Waals surface area contributed by atoms with E-state index >= 15 is 0 Å². The third kappa shape index (κ3) is 3.42. The summed E-state index contributed by atoms with van der Waals surface area (Å²) in [6.45, 7) is 0. The highest BCUT2D eigenvalue weighted by atomic mass is 32.2. The number of aliphatic hydroxyl groups is 1. The zero-order valence-corrected chi connectivity index (χ0v) is 16.7. The molecule has 0 bridgehead atoms. The van der Waals surface area contributed by atoms with Gasteiger partial charge in [0, 0.05) is 24.0 Å². The van der Waals surface area contributed by atoms with Crippen LogP contribution in [0, 0.1) is 11.3 Å². The normalized spacial score (nSPS) is 14.5. The fraction of sp³-hybridized carbons (Fsp3) is 0.190. The number of aromatic amines is 1. The maximum Gasteiger partial charge on any atom is 0.192 e. The van der Waals surface area contributed by atoms with Gasteiger partial charge in [-0.25, -0.2) is 4.98 Å². The monoisotopic (exact) mass is 415 g/mol. The molecule has 0 atom stereocenters. The number of nitrogens with one attached hydrogen (secondary N) is 1. The van der Waals surface area contributed by atoms with E-state index in [9.17, 15) is 10.4 Å². The first-order chi connectivity index (χ1) is 14.7. The van der Waals surface area contributed by atoms with E-state index < -0.39 is 0 Å². The van der Waals surface area contributed by atoms with Crippen LogP contribution in [0.3, 0.4) is 0 Å². The summed E-state index contributed by atoms with van der Waals surface area (Å²) in [7, 11) is 0. The summed E-state index contributed by atoms with van der Waals surface area (Å²) >= 11 is 1.35. The molecule has 148 valence electrons. The van der Waals surface area contributed by atoms with E-state index in [2.05, 4.69) is 35.8 Å². The summed E-state index contributed by atoms with van der Waals surface area (Å²) in [4.78, 5) is 11.7. The summed E-state index contributed by atoms with van der Waals surface area (Å²) in [6.07, 6.45) is 5.64. The molecule has 3 heterocycles. The molecule has 4 aromatic rings. The molecular formula is C21H17N7OS. The van der Waals surface area contributed by atoms with E-state index in [1.807, 2.05) is 36.4 Å². The Hall–Kier alpha value is -3.64. The first kappa shape index (κ1) is 18.4. The molecule has 8 nitrogen and oxygen atoms in total. The summed E-state index contributed by atoms with van der Waals surface area (Å²) in [5, 5.41) is 29.6. The van der Waals surface area contributed by atoms with Gasteiger partial charge in [-0.3, -0.25) is 9.55 Å². The number of para-hydroxylation sites is 2. The highest BCUT2D eigenvalue weighted by Gasteiger charge is 2.30. The number of H-pyrrole nitrogens is 1. The molecule has 0 unspecified atom stereocenters. The lowest BCUT2D eigenvalue weighted by atomic mass is 10.2. The second-order valence-electron chi connectivity index (χ2n) is 6.97. The minimum Gasteiger partial charge on any atom is -0.510 e. The average molecular weight is 415 g/mol. The number of aromatic nitrogens is 6. The zero-order chi connectivity index (χ0) is 20.5. The Kier molecular flexibility index (Phi) is 4.69. The summed E-state index contributed by atoms with van der Waals surface area (Å²) in [6, 6.07) is 13.8. The second kappa shape index (κ2) is 7.65. The largest absolute Gasteiger partial charge is 0.510 e. The van der Waals surface area contributed by atoms with Gasteiger partial charge in [0.25, 0.3) is 0 Å². The Bertz CT molecular complexity index is 1250. The molecule has 0 radical (unpaired) electrons. The molecule has 1 aliphatic carbocycles. The van der Waals surface area contributed by atoms with Gasteiger partial charge >= 0.3 is 0 Å². The summed E-state index contributed by atoms with van der Waals surface area (Å²) in [5.74, 6) is 1.28. The molecular weight excluding hydrogens is 398 g/mol. The van der Waals surface area contributed by atoms with Crippen LogP contribution in [0.25, 0.3) is 28.0 Å². The van der Waals surface area contributed by atoms with Crippen molar-refractivity contribution in [3.05, 3.63) is 60.4 Å². The van der Waals surface area contributed by atoms with Gasteiger partial charge in [-0.15, -0.1) is 10.2 Å². The lowest BCUT2D eigenvalue weighted by molar-refractivity contribution is 0.420. The van der Waals surface area contributed by atoms with Gasteiger partial charge < -0.3 is 10.1 Å². The van der Waals surface area contributed by atoms with Gasteiger partial charge in [-0.1, -0.05) is 23.9 Å². The van der Waals surface area contributed by atoms with Crippen LogP contribution < -0.4 is 0 Å². The van der Waals surface area contributed by atoms with Crippen LogP contribution in [0.15, 0.2) is 59.7 Å². The number of allylic oxidation sites excluding steroid dienone is 1. The molecule has 1 aliphatic rings. The molecule has 9 heteroatoms. The lowest BCUT2D eigenvalue weighted by Gasteiger charge is -2.08. The fourth-order valence-corrected chi connectivity index (χ4v) is 4.14. The molecule has 0 aliphatic heterocycles. The molecule has 1 fully saturated rings. The summed E-state index contributed by atoms with van der Waals surface area (Å²) in [5.41, 5.74) is 2.60. The number of nitrogens with zero attached hydrogens (tertiary/aromatic N) is 6. The predicted molar refractivity (Wildman–Crippen MR) is 114 cm³/mol. The number of benzene rings is 1. The van der Waals surface area contributed by atoms with Crippen LogP contribution in [0.1, 0.15) is 24.7 Å². The summed E-state index contributed by atoms with van der Waals surface area (Å²) < 4.78 is 2.10. The third-order valence-corrected chi connectivity index (χ3v) is 5.82. The maximum absolute atomic E-state index is 10.6. The van der Waals surface area contributed by atoms with Crippen LogP contribution in [0.2, 0.25) is 0 Å². The van der Waals surface area contributed by atoms with Gasteiger partial charge in [0.1, 0.15) is 17.4 Å². The quantitative estimate of drug-likeness (QED) is 0.276. The minimum atomic E-state index is -0.0465. The topological polar surface area (TPSA) is 116 Å². The Morgan fingerprint density at radius 1 is 1.23 bits per heavy atom. The Labute approximate surface area is 176 Å². The van der Waals surface area contributed by atoms with Gasteiger partial charge in [0.15, 0.2) is 16.8 Å². The van der Waals surface area contributed by atoms with Crippen LogP contribution in [-0.4, -0.2) is 40.6 Å². The van der Waals surface area contributed by atoms with Crippen molar-refractivity contribution in [2.45, 2.75) is 24.0 Å². The number of fused-ring (bicyclic) bond motifs is 1. The Morgan fingerprint density at radius 2 is 2.10 bits per heavy atom. The first-order valence-corrected chi connectivity index (χ1v) is 10.5. The molecule has 30 heavy (non-hydrogen) atoms. The SMILES string of the molecule is N#C/C(=C(/O)CSc1nnc(-c2cccnc2)n1C1CC1)c1nc2ccccc2[nH]1. The van der Waals surface area contributed by atoms with Crippen LogP contribution in [0.5, 0.6) is 0 Å². The molecule has 0 spiro atoms. The highest BCUT2D eigenvalue weighted by molar-refractivity contribution is 7.99. The molecule has 1 aromatic carbocycles. The zero-order valence-electron chi connectivity index (χ0n) is 15.9. The van der Waals surface area contributed by atoms with Crippen molar-refractivity contribution >= 4 is 28.4 Å². The second-order valence-corrected chi connectivity index (χ2v) is 7.92. The van der Waals surface area contributed by atoms with Crippen molar-refractivity contribution < 1.29 is 5.11 Å². The number of hydrogen-bond donors (Lipinski definition) is 2. The van der Waals surface area contributed by atoms with Crippen LogP contribution >= 0.6 is 11.8 Å². The fourth-order valence-electron chi connectivity index (χ4n) is 3.26. The van der Waals surface area contributed by atoms with Crippen molar-refractivity contribution in [3.8, 4) is 17.5 Å². The van der Waals surface area contributed by atoms with Gasteiger partial charge in [-0.2, -0.15) is 5.26 Å². The molecule has 5 rings (SSSR count). The van der Waals surface area contributed by atoms with E-state index in [0.29, 0.717) is 17.0 Å². The number of nitriles is 1. The predicted octanol–water partition coefficient (Wildman–Crippen LogP) is 4.14. The van der Waals surface area contributed by atoms with Crippen molar-refractivity contribution in [1.82, 2.24) is 29.7 Å². The van der Waals surface area contributed by atoms with E-state index in [1.165, 1.54) is 11.8 Å². The number of thioether (sulfide) groups is 1. The number of aliphatic hydroxyl groups excluding tert-OH is 1. The van der Waals surface area contributed by atoms with E-state index in [-0.39, 0.29) is 17.1 Å². The van der Waals surface area contributed by atoms with Crippen LogP contribution in [-0.2, 0) is 0 Å². The Morgan fingerprint density at radius 3 is 2.83 bits per heavy atom. The maximum atomic E-state index is 10.6. The number of pyridine rings is 1. The molecule has 3 aromatic heterocycles. The molecule has 0 amide bonds. The highest BCUT2D eigenvalue weighted by Crippen LogP contribution is 2.41. The van der Waals surface area contributed by atoms with Crippen molar-refractivity contribution in [2.75, 3.05) is 5.75 Å². The van der Waals surface area contributed by atoms with E-state index in [1.54, 1.807) is 12.4 Å². The lowest BCUT2D eigenvalue weighted by Crippen LogP contribution is -2.01. The first-order valence-electron chi connectivity index (χ1n) is 9.50. The average Bonchev–Trinajstić information content (AvgIpc) is 3.38. The molecule has 1 saturated carbocycles. The third-order valence-electron chi connectivity index (χ3n) is 4.86. The van der Waals surface area contributed by atoms with Gasteiger partial charge in [0.05, 0.1) is 16.8 Å². The molecule has 0 saturated heterocycles. The number of hydrogen-bond acceptors (Lipinski definition) is 7. The van der Waals surface area contributed by atoms with Gasteiger partial charge in [0.2, 0.25) is 0 Å². The standard InChI is InChI=1S/C21H17N7OS/c22-10-15(19-24-16-5-1-2-6-17(16)25-19)18(29)12-30-21-27-26-20(28(21)14-7-8-14)13-4-3-9-23-11-13/h1-6,9,11,14,29H,7-8,12H2,(H,24,25)/b18-15-. The minimum absolute atomic E-state index is 0.0465. The van der Waals surface area contributed by atoms with Crippen LogP contribution in [0.4, 0.5) is 0 Å². The van der Waals surface area contributed by atoms with E-state index in [0.717, 1.165) is 35.3 Å². The van der Waals surface area contributed by atoms with Crippen molar-refractivity contribution in [1.29, 1.82) is 5.26 Å².